The zero-order valence-electron chi connectivity index (χ0n) is 14.9. The van der Waals surface area contributed by atoms with Crippen molar-refractivity contribution in [2.24, 2.45) is 10.8 Å². The van der Waals surface area contributed by atoms with Crippen LogP contribution in [0.3, 0.4) is 0 Å². The zero-order chi connectivity index (χ0) is 18.9. The second-order valence-electron chi connectivity index (χ2n) is 7.97. The van der Waals surface area contributed by atoms with Gasteiger partial charge in [0.15, 0.2) is 18.6 Å². The normalized spacial score (nSPS) is 31.5. The maximum atomic E-state index is 14.6. The Balaban J connectivity index is 2.79. The molecule has 1 aliphatic heterocycles. The third kappa shape index (κ3) is 5.12. The maximum absolute atomic E-state index is 14.6. The molecule has 1 saturated heterocycles. The second-order valence-corrected chi connectivity index (χ2v) is 7.97. The number of alkyl halides is 1. The largest absolute Gasteiger partial charge is 0.462 e. The highest BCUT2D eigenvalue weighted by molar-refractivity contribution is 5.76. The third-order valence-corrected chi connectivity index (χ3v) is 3.46. The summed E-state index contributed by atoms with van der Waals surface area (Å²) < 4.78 is 29.5. The summed E-state index contributed by atoms with van der Waals surface area (Å²) in [4.78, 5) is 23.7. The van der Waals surface area contributed by atoms with Crippen molar-refractivity contribution in [3.63, 3.8) is 0 Å². The second kappa shape index (κ2) is 7.33. The SMILES string of the molecule is CC(C)(C)C(=O)OCC1OC(O)[C@H](O)[C@@H](OC(=O)C(C)(C)C)[C@H]1F. The van der Waals surface area contributed by atoms with Gasteiger partial charge in [-0.1, -0.05) is 0 Å². The average Bonchev–Trinajstić information content (AvgIpc) is 2.43. The Morgan fingerprint density at radius 2 is 1.54 bits per heavy atom. The van der Waals surface area contributed by atoms with Crippen molar-refractivity contribution in [2.75, 3.05) is 6.61 Å². The fraction of sp³-hybridized carbons (Fsp3) is 0.875. The summed E-state index contributed by atoms with van der Waals surface area (Å²) in [6.45, 7) is 9.17. The molecule has 5 atom stereocenters. The Bertz CT molecular complexity index is 466. The van der Waals surface area contributed by atoms with Gasteiger partial charge >= 0.3 is 11.9 Å². The smallest absolute Gasteiger partial charge is 0.311 e. The van der Waals surface area contributed by atoms with Gasteiger partial charge in [0.2, 0.25) is 0 Å². The molecule has 0 aromatic rings. The first kappa shape index (κ1) is 20.8. The molecular weight excluding hydrogens is 323 g/mol. The molecular formula is C16H27FO7. The average molecular weight is 350 g/mol. The Hall–Kier alpha value is -1.25. The molecule has 1 rings (SSSR count). The summed E-state index contributed by atoms with van der Waals surface area (Å²) in [5.41, 5.74) is -1.69. The molecule has 0 aromatic carbocycles. The summed E-state index contributed by atoms with van der Waals surface area (Å²) in [6.07, 6.45) is -8.41. The number of aliphatic hydroxyl groups is 2. The standard InChI is InChI=1S/C16H27FO7/c1-15(2,3)13(20)22-7-8-9(17)11(10(18)12(19)23-8)24-14(21)16(4,5)6/h8-12,18-19H,7H2,1-6H3/t8?,9-,10+,11-,12?/m0/s1. The molecule has 0 aliphatic carbocycles. The molecule has 1 aliphatic rings. The van der Waals surface area contributed by atoms with E-state index in [0.29, 0.717) is 0 Å². The fourth-order valence-corrected chi connectivity index (χ4v) is 1.84. The first-order chi connectivity index (χ1) is 10.7. The van der Waals surface area contributed by atoms with Crippen LogP contribution in [-0.2, 0) is 23.8 Å². The first-order valence-electron chi connectivity index (χ1n) is 7.79. The Morgan fingerprint density at radius 3 is 2.00 bits per heavy atom. The van der Waals surface area contributed by atoms with Crippen molar-refractivity contribution in [3.05, 3.63) is 0 Å². The minimum absolute atomic E-state index is 0.468. The quantitative estimate of drug-likeness (QED) is 0.731. The van der Waals surface area contributed by atoms with Crippen LogP contribution in [0.1, 0.15) is 41.5 Å². The van der Waals surface area contributed by atoms with Gasteiger partial charge in [-0.15, -0.1) is 0 Å². The first-order valence-corrected chi connectivity index (χ1v) is 7.79. The van der Waals surface area contributed by atoms with Crippen molar-refractivity contribution in [1.82, 2.24) is 0 Å². The van der Waals surface area contributed by atoms with E-state index >= 15 is 0 Å². The van der Waals surface area contributed by atoms with E-state index in [9.17, 15) is 24.2 Å². The van der Waals surface area contributed by atoms with Gasteiger partial charge in [0.05, 0.1) is 10.8 Å². The molecule has 0 bridgehead atoms. The van der Waals surface area contributed by atoms with Crippen LogP contribution in [0.4, 0.5) is 4.39 Å². The predicted molar refractivity (Wildman–Crippen MR) is 81.5 cm³/mol. The molecule has 1 heterocycles. The zero-order valence-corrected chi connectivity index (χ0v) is 14.9. The molecule has 0 spiro atoms. The highest BCUT2D eigenvalue weighted by Crippen LogP contribution is 2.28. The third-order valence-electron chi connectivity index (χ3n) is 3.46. The lowest BCUT2D eigenvalue weighted by molar-refractivity contribution is -0.281. The lowest BCUT2D eigenvalue weighted by Crippen LogP contribution is -2.59. The summed E-state index contributed by atoms with van der Waals surface area (Å²) in [5, 5.41) is 19.6. The molecule has 0 aromatic heterocycles. The fourth-order valence-electron chi connectivity index (χ4n) is 1.84. The number of halogens is 1. The topological polar surface area (TPSA) is 102 Å². The van der Waals surface area contributed by atoms with Crippen molar-refractivity contribution < 1.29 is 38.4 Å². The Labute approximate surface area is 141 Å². The number of ether oxygens (including phenoxy) is 3. The number of carbonyl (C=O) groups excluding carboxylic acids is 2. The van der Waals surface area contributed by atoms with Crippen molar-refractivity contribution in [1.29, 1.82) is 0 Å². The van der Waals surface area contributed by atoms with Crippen molar-refractivity contribution >= 4 is 11.9 Å². The van der Waals surface area contributed by atoms with E-state index in [2.05, 4.69) is 0 Å². The van der Waals surface area contributed by atoms with Crippen molar-refractivity contribution in [2.45, 2.75) is 72.3 Å². The van der Waals surface area contributed by atoms with Crippen LogP contribution >= 0.6 is 0 Å². The molecule has 2 N–H and O–H groups in total. The number of rotatable bonds is 3. The number of carbonyl (C=O) groups is 2. The molecule has 2 unspecified atom stereocenters. The number of hydrogen-bond donors (Lipinski definition) is 2. The molecule has 140 valence electrons. The summed E-state index contributed by atoms with van der Waals surface area (Å²) in [5.74, 6) is -1.30. The van der Waals surface area contributed by atoms with Crippen LogP contribution in [0, 0.1) is 10.8 Å². The van der Waals surface area contributed by atoms with Crippen LogP contribution in [-0.4, -0.2) is 59.5 Å². The Kier molecular flexibility index (Phi) is 6.35. The van der Waals surface area contributed by atoms with Gasteiger partial charge < -0.3 is 24.4 Å². The molecule has 1 fully saturated rings. The molecule has 24 heavy (non-hydrogen) atoms. The minimum atomic E-state index is -1.96. The summed E-state index contributed by atoms with van der Waals surface area (Å²) >= 11 is 0. The lowest BCUT2D eigenvalue weighted by atomic mass is 9.95. The van der Waals surface area contributed by atoms with Gasteiger partial charge in [-0.25, -0.2) is 4.39 Å². The summed E-state index contributed by atoms with van der Waals surface area (Å²) in [6, 6.07) is 0. The van der Waals surface area contributed by atoms with E-state index in [1.807, 2.05) is 0 Å². The molecule has 8 heteroatoms. The monoisotopic (exact) mass is 350 g/mol. The Morgan fingerprint density at radius 1 is 1.04 bits per heavy atom. The van der Waals surface area contributed by atoms with E-state index in [4.69, 9.17) is 14.2 Å². The molecule has 7 nitrogen and oxygen atoms in total. The predicted octanol–water partition coefficient (Wildman–Crippen LogP) is 0.950. The maximum Gasteiger partial charge on any atom is 0.311 e. The molecule has 0 radical (unpaired) electrons. The van der Waals surface area contributed by atoms with Crippen LogP contribution < -0.4 is 0 Å². The van der Waals surface area contributed by atoms with E-state index < -0.39 is 60.1 Å². The highest BCUT2D eigenvalue weighted by Gasteiger charge is 2.49. The van der Waals surface area contributed by atoms with E-state index in [1.165, 1.54) is 0 Å². The van der Waals surface area contributed by atoms with Crippen LogP contribution in [0.25, 0.3) is 0 Å². The van der Waals surface area contributed by atoms with Crippen LogP contribution in [0.2, 0.25) is 0 Å². The van der Waals surface area contributed by atoms with Crippen LogP contribution in [0.5, 0.6) is 0 Å². The van der Waals surface area contributed by atoms with Gasteiger partial charge in [0.25, 0.3) is 0 Å². The van der Waals surface area contributed by atoms with Gasteiger partial charge in [0.1, 0.15) is 18.8 Å². The van der Waals surface area contributed by atoms with E-state index in [-0.39, 0.29) is 0 Å². The summed E-state index contributed by atoms with van der Waals surface area (Å²) in [7, 11) is 0. The van der Waals surface area contributed by atoms with E-state index in [0.717, 1.165) is 0 Å². The minimum Gasteiger partial charge on any atom is -0.462 e. The van der Waals surface area contributed by atoms with Crippen molar-refractivity contribution in [3.8, 4) is 0 Å². The van der Waals surface area contributed by atoms with Gasteiger partial charge in [-0.3, -0.25) is 9.59 Å². The van der Waals surface area contributed by atoms with Gasteiger partial charge in [-0.05, 0) is 41.5 Å². The number of aliphatic hydroxyl groups excluding tert-OH is 2. The molecule has 0 saturated carbocycles. The number of hydrogen-bond acceptors (Lipinski definition) is 7. The van der Waals surface area contributed by atoms with Gasteiger partial charge in [-0.2, -0.15) is 0 Å². The highest BCUT2D eigenvalue weighted by atomic mass is 19.1. The number of esters is 2. The van der Waals surface area contributed by atoms with Crippen LogP contribution in [0.15, 0.2) is 0 Å². The lowest BCUT2D eigenvalue weighted by Gasteiger charge is -2.39. The van der Waals surface area contributed by atoms with Gasteiger partial charge in [0, 0.05) is 0 Å². The molecule has 0 amide bonds. The van der Waals surface area contributed by atoms with E-state index in [1.54, 1.807) is 41.5 Å².